The molecule has 5 rings (SSSR count). The zero-order chi connectivity index (χ0) is 23.7. The van der Waals surface area contributed by atoms with Crippen LogP contribution in [0.2, 0.25) is 10.2 Å². The molecule has 34 heavy (non-hydrogen) atoms. The molecule has 2 aromatic carbocycles. The minimum Gasteiger partial charge on any atom is -0.378 e. The summed E-state index contributed by atoms with van der Waals surface area (Å²) in [5.41, 5.74) is 3.68. The SMILES string of the molecule is O=S(=O)(Nc1cc(-c2ccc3nccc(N4CCOCC4)c3c2)cnc1Cl)c1ccccc1Cl. The van der Waals surface area contributed by atoms with E-state index in [0.717, 1.165) is 35.2 Å². The third-order valence-electron chi connectivity index (χ3n) is 5.61. The monoisotopic (exact) mass is 514 g/mol. The summed E-state index contributed by atoms with van der Waals surface area (Å²) >= 11 is 12.3. The van der Waals surface area contributed by atoms with Gasteiger partial charge in [-0.1, -0.05) is 41.4 Å². The fourth-order valence-electron chi connectivity index (χ4n) is 3.93. The van der Waals surface area contributed by atoms with Gasteiger partial charge in [0.15, 0.2) is 5.15 Å². The van der Waals surface area contributed by atoms with Gasteiger partial charge in [0.25, 0.3) is 10.0 Å². The van der Waals surface area contributed by atoms with Crippen LogP contribution in [0.4, 0.5) is 11.4 Å². The van der Waals surface area contributed by atoms with Crippen molar-refractivity contribution in [2.75, 3.05) is 35.9 Å². The van der Waals surface area contributed by atoms with Crippen LogP contribution in [0, 0.1) is 0 Å². The van der Waals surface area contributed by atoms with Gasteiger partial charge >= 0.3 is 0 Å². The average molecular weight is 515 g/mol. The van der Waals surface area contributed by atoms with Gasteiger partial charge in [-0.15, -0.1) is 0 Å². The number of hydrogen-bond acceptors (Lipinski definition) is 6. The molecule has 10 heteroatoms. The fraction of sp³-hybridized carbons (Fsp3) is 0.167. The number of hydrogen-bond donors (Lipinski definition) is 1. The van der Waals surface area contributed by atoms with Crippen LogP contribution >= 0.6 is 23.2 Å². The summed E-state index contributed by atoms with van der Waals surface area (Å²) in [5.74, 6) is 0. The van der Waals surface area contributed by atoms with Gasteiger partial charge < -0.3 is 9.64 Å². The highest BCUT2D eigenvalue weighted by Crippen LogP contribution is 2.33. The van der Waals surface area contributed by atoms with Crippen LogP contribution in [-0.4, -0.2) is 44.7 Å². The zero-order valence-electron chi connectivity index (χ0n) is 17.9. The number of morpholine rings is 1. The summed E-state index contributed by atoms with van der Waals surface area (Å²) < 4.78 is 33.8. The lowest BCUT2D eigenvalue weighted by atomic mass is 10.0. The molecular weight excluding hydrogens is 495 g/mol. The smallest absolute Gasteiger partial charge is 0.263 e. The Labute approximate surface area is 207 Å². The molecule has 0 spiro atoms. The van der Waals surface area contributed by atoms with E-state index in [1.807, 2.05) is 24.3 Å². The number of anilines is 2. The molecule has 0 radical (unpaired) electrons. The summed E-state index contributed by atoms with van der Waals surface area (Å²) in [5, 5.41) is 1.15. The first-order chi connectivity index (χ1) is 16.4. The number of nitrogens with zero attached hydrogens (tertiary/aromatic N) is 3. The molecule has 0 aliphatic carbocycles. The maximum atomic E-state index is 12.9. The number of fused-ring (bicyclic) bond motifs is 1. The van der Waals surface area contributed by atoms with Gasteiger partial charge in [0.2, 0.25) is 0 Å². The standard InChI is InChI=1S/C24H20Cl2N4O3S/c25-19-3-1-2-4-23(19)34(31,32)29-21-14-17(15-28-24(21)26)16-5-6-20-18(13-16)22(7-8-27-20)30-9-11-33-12-10-30/h1-8,13-15,29H,9-12H2. The molecular formula is C24H20Cl2N4O3S. The number of ether oxygens (including phenoxy) is 1. The van der Waals surface area contributed by atoms with Gasteiger partial charge in [-0.3, -0.25) is 9.71 Å². The number of sulfonamides is 1. The molecule has 0 amide bonds. The second-order valence-corrected chi connectivity index (χ2v) is 10.2. The predicted molar refractivity (Wildman–Crippen MR) is 135 cm³/mol. The Bertz CT molecular complexity index is 1470. The molecule has 0 bridgehead atoms. The average Bonchev–Trinajstić information content (AvgIpc) is 2.85. The molecule has 3 heterocycles. The summed E-state index contributed by atoms with van der Waals surface area (Å²) in [6.45, 7) is 2.97. The van der Waals surface area contributed by atoms with Gasteiger partial charge in [0, 0.05) is 42.1 Å². The largest absolute Gasteiger partial charge is 0.378 e. The number of nitrogens with one attached hydrogen (secondary N) is 1. The lowest BCUT2D eigenvalue weighted by molar-refractivity contribution is 0.123. The van der Waals surface area contributed by atoms with Crippen LogP contribution in [0.25, 0.3) is 22.0 Å². The Balaban J connectivity index is 1.53. The molecule has 0 unspecified atom stereocenters. The minimum absolute atomic E-state index is 0.0370. The molecule has 174 valence electrons. The highest BCUT2D eigenvalue weighted by molar-refractivity contribution is 7.92. The highest BCUT2D eigenvalue weighted by Gasteiger charge is 2.20. The Morgan fingerprint density at radius 2 is 1.74 bits per heavy atom. The fourth-order valence-corrected chi connectivity index (χ4v) is 5.72. The van der Waals surface area contributed by atoms with Gasteiger partial charge in [0.1, 0.15) is 4.90 Å². The van der Waals surface area contributed by atoms with Crippen molar-refractivity contribution >= 4 is 55.5 Å². The van der Waals surface area contributed by atoms with Gasteiger partial charge in [0.05, 0.1) is 29.4 Å². The van der Waals surface area contributed by atoms with Crippen molar-refractivity contribution in [2.45, 2.75) is 4.90 Å². The van der Waals surface area contributed by atoms with Crippen molar-refractivity contribution in [3.63, 3.8) is 0 Å². The zero-order valence-corrected chi connectivity index (χ0v) is 20.2. The highest BCUT2D eigenvalue weighted by atomic mass is 35.5. The summed E-state index contributed by atoms with van der Waals surface area (Å²) in [6.07, 6.45) is 3.42. The Kier molecular flexibility index (Phi) is 6.31. The summed E-state index contributed by atoms with van der Waals surface area (Å²) in [7, 11) is -3.96. The molecule has 4 aromatic rings. The van der Waals surface area contributed by atoms with Crippen molar-refractivity contribution < 1.29 is 13.2 Å². The second kappa shape index (κ2) is 9.38. The van der Waals surface area contributed by atoms with Crippen molar-refractivity contribution in [2.24, 2.45) is 0 Å². The first-order valence-electron chi connectivity index (χ1n) is 10.6. The molecule has 1 aliphatic rings. The van der Waals surface area contributed by atoms with E-state index in [1.165, 1.54) is 12.1 Å². The van der Waals surface area contributed by atoms with E-state index >= 15 is 0 Å². The quantitative estimate of drug-likeness (QED) is 0.366. The first kappa shape index (κ1) is 22.9. The number of pyridine rings is 2. The number of halogens is 2. The lowest BCUT2D eigenvalue weighted by Crippen LogP contribution is -2.36. The van der Waals surface area contributed by atoms with Crippen LogP contribution in [0.1, 0.15) is 0 Å². The van der Waals surface area contributed by atoms with E-state index in [0.29, 0.717) is 18.8 Å². The van der Waals surface area contributed by atoms with E-state index in [9.17, 15) is 8.42 Å². The third kappa shape index (κ3) is 4.54. The Morgan fingerprint density at radius 1 is 0.941 bits per heavy atom. The maximum Gasteiger partial charge on any atom is 0.263 e. The Hall–Kier alpha value is -2.91. The lowest BCUT2D eigenvalue weighted by Gasteiger charge is -2.29. The molecule has 1 fully saturated rings. The van der Waals surface area contributed by atoms with Crippen molar-refractivity contribution in [3.05, 3.63) is 77.2 Å². The van der Waals surface area contributed by atoms with Crippen molar-refractivity contribution in [1.29, 1.82) is 0 Å². The third-order valence-corrected chi connectivity index (χ3v) is 7.78. The molecule has 2 aromatic heterocycles. The number of benzene rings is 2. The van der Waals surface area contributed by atoms with Gasteiger partial charge in [-0.25, -0.2) is 13.4 Å². The van der Waals surface area contributed by atoms with Crippen LogP contribution < -0.4 is 9.62 Å². The number of aromatic nitrogens is 2. The predicted octanol–water partition coefficient (Wildman–Crippen LogP) is 5.24. The molecule has 1 N–H and O–H groups in total. The topological polar surface area (TPSA) is 84.4 Å². The maximum absolute atomic E-state index is 12.9. The van der Waals surface area contributed by atoms with E-state index < -0.39 is 10.0 Å². The van der Waals surface area contributed by atoms with E-state index in [2.05, 4.69) is 19.6 Å². The van der Waals surface area contributed by atoms with Gasteiger partial charge in [-0.2, -0.15) is 0 Å². The second-order valence-electron chi connectivity index (χ2n) is 7.76. The van der Waals surface area contributed by atoms with E-state index in [4.69, 9.17) is 27.9 Å². The normalized spacial score (nSPS) is 14.4. The van der Waals surface area contributed by atoms with Gasteiger partial charge in [-0.05, 0) is 42.0 Å². The molecule has 1 saturated heterocycles. The van der Waals surface area contributed by atoms with E-state index in [-0.39, 0.29) is 20.8 Å². The van der Waals surface area contributed by atoms with Crippen LogP contribution in [-0.2, 0) is 14.8 Å². The van der Waals surface area contributed by atoms with Crippen LogP contribution in [0.3, 0.4) is 0 Å². The summed E-state index contributed by atoms with van der Waals surface area (Å²) in [6, 6.07) is 15.8. The van der Waals surface area contributed by atoms with Crippen molar-refractivity contribution in [3.8, 4) is 11.1 Å². The van der Waals surface area contributed by atoms with Crippen LogP contribution in [0.15, 0.2) is 71.9 Å². The van der Waals surface area contributed by atoms with Crippen LogP contribution in [0.5, 0.6) is 0 Å². The molecule has 7 nitrogen and oxygen atoms in total. The Morgan fingerprint density at radius 3 is 2.53 bits per heavy atom. The molecule has 0 saturated carbocycles. The van der Waals surface area contributed by atoms with Crippen molar-refractivity contribution in [1.82, 2.24) is 9.97 Å². The minimum atomic E-state index is -3.96. The first-order valence-corrected chi connectivity index (χ1v) is 12.8. The molecule has 1 aliphatic heterocycles. The summed E-state index contributed by atoms with van der Waals surface area (Å²) in [4.78, 5) is 10.9. The van der Waals surface area contributed by atoms with E-state index in [1.54, 1.807) is 30.6 Å². The molecule has 0 atom stereocenters. The number of rotatable bonds is 5.